The van der Waals surface area contributed by atoms with Gasteiger partial charge in [0.25, 0.3) is 0 Å². The lowest BCUT2D eigenvalue weighted by Crippen LogP contribution is -2.32. The molecule has 5 N–H and O–H groups in total. The number of nitrogens with zero attached hydrogens (tertiary/aromatic N) is 1. The first-order valence-electron chi connectivity index (χ1n) is 3.86. The molecule has 70 valence electrons. The van der Waals surface area contributed by atoms with Crippen LogP contribution in [0.15, 0.2) is 18.5 Å². The third kappa shape index (κ3) is 2.33. The first kappa shape index (κ1) is 9.31. The number of primary amides is 1. The van der Waals surface area contributed by atoms with Gasteiger partial charge in [-0.05, 0) is 13.0 Å². The topological polar surface area (TPSA) is 94.0 Å². The van der Waals surface area contributed by atoms with Crippen molar-refractivity contribution in [2.45, 2.75) is 13.0 Å². The molecule has 0 aliphatic carbocycles. The average molecular weight is 180 g/mol. The Labute approximate surface area is 76.1 Å². The fraction of sp³-hybridized carbons (Fsp3) is 0.250. The Morgan fingerprint density at radius 2 is 2.38 bits per heavy atom. The van der Waals surface area contributed by atoms with Crippen molar-refractivity contribution in [3.8, 4) is 0 Å². The predicted molar refractivity (Wildman–Crippen MR) is 50.9 cm³/mol. The van der Waals surface area contributed by atoms with Gasteiger partial charge in [-0.25, -0.2) is 0 Å². The molecule has 0 spiro atoms. The van der Waals surface area contributed by atoms with Crippen molar-refractivity contribution < 1.29 is 4.79 Å². The molecule has 0 aliphatic rings. The highest BCUT2D eigenvalue weighted by Crippen LogP contribution is 2.15. The first-order chi connectivity index (χ1) is 6.11. The molecule has 0 saturated carbocycles. The van der Waals surface area contributed by atoms with Crippen molar-refractivity contribution in [1.29, 1.82) is 0 Å². The van der Waals surface area contributed by atoms with E-state index < -0.39 is 11.9 Å². The van der Waals surface area contributed by atoms with Crippen molar-refractivity contribution in [3.05, 3.63) is 18.5 Å². The smallest absolute Gasteiger partial charge is 0.239 e. The summed E-state index contributed by atoms with van der Waals surface area (Å²) in [6, 6.07) is 1.25. The van der Waals surface area contributed by atoms with Crippen LogP contribution in [0.25, 0.3) is 0 Å². The van der Waals surface area contributed by atoms with Crippen molar-refractivity contribution in [3.63, 3.8) is 0 Å². The van der Waals surface area contributed by atoms with Gasteiger partial charge in [0.2, 0.25) is 5.91 Å². The van der Waals surface area contributed by atoms with Gasteiger partial charge in [0.1, 0.15) is 6.04 Å². The molecule has 1 atom stereocenters. The number of carbonyl (C=O) groups excluding carboxylic acids is 1. The standard InChI is InChI=1S/C8H12N4O/c1-5(8(10)13)12-7-2-3-11-4-6(7)9/h2-5H,9H2,1H3,(H2,10,13)(H,11,12). The number of carbonyl (C=O) groups is 1. The zero-order valence-electron chi connectivity index (χ0n) is 7.32. The molecule has 0 radical (unpaired) electrons. The van der Waals surface area contributed by atoms with Crippen LogP contribution in [0.3, 0.4) is 0 Å². The molecule has 1 unspecified atom stereocenters. The summed E-state index contributed by atoms with van der Waals surface area (Å²) >= 11 is 0. The second kappa shape index (κ2) is 3.75. The van der Waals surface area contributed by atoms with E-state index in [1.807, 2.05) is 0 Å². The number of nitrogens with one attached hydrogen (secondary N) is 1. The van der Waals surface area contributed by atoms with E-state index in [0.29, 0.717) is 11.4 Å². The van der Waals surface area contributed by atoms with Crippen LogP contribution in [0.1, 0.15) is 6.92 Å². The number of anilines is 2. The lowest BCUT2D eigenvalue weighted by molar-refractivity contribution is -0.118. The minimum atomic E-state index is -0.440. The third-order valence-electron chi connectivity index (χ3n) is 1.65. The summed E-state index contributed by atoms with van der Waals surface area (Å²) in [5, 5.41) is 2.87. The van der Waals surface area contributed by atoms with E-state index in [1.54, 1.807) is 19.2 Å². The minimum absolute atomic E-state index is 0.420. The van der Waals surface area contributed by atoms with Crippen LogP contribution in [0, 0.1) is 0 Å². The molecular formula is C8H12N4O. The molecule has 0 aliphatic heterocycles. The summed E-state index contributed by atoms with van der Waals surface area (Å²) in [5.74, 6) is -0.420. The number of amides is 1. The maximum absolute atomic E-state index is 10.7. The minimum Gasteiger partial charge on any atom is -0.396 e. The third-order valence-corrected chi connectivity index (χ3v) is 1.65. The molecular weight excluding hydrogens is 168 g/mol. The van der Waals surface area contributed by atoms with Gasteiger partial charge >= 0.3 is 0 Å². The monoisotopic (exact) mass is 180 g/mol. The summed E-state index contributed by atoms with van der Waals surface area (Å²) in [4.78, 5) is 14.5. The van der Waals surface area contributed by atoms with E-state index in [0.717, 1.165) is 0 Å². The number of rotatable bonds is 3. The zero-order chi connectivity index (χ0) is 9.84. The van der Waals surface area contributed by atoms with Crippen molar-refractivity contribution in [2.24, 2.45) is 5.73 Å². The highest BCUT2D eigenvalue weighted by atomic mass is 16.1. The van der Waals surface area contributed by atoms with E-state index in [9.17, 15) is 4.79 Å². The molecule has 1 heterocycles. The van der Waals surface area contributed by atoms with Gasteiger partial charge in [0.15, 0.2) is 0 Å². The van der Waals surface area contributed by atoms with Crippen molar-refractivity contribution in [1.82, 2.24) is 4.98 Å². The lowest BCUT2D eigenvalue weighted by atomic mass is 10.3. The average Bonchev–Trinajstić information content (AvgIpc) is 2.08. The maximum Gasteiger partial charge on any atom is 0.239 e. The predicted octanol–water partition coefficient (Wildman–Crippen LogP) is -0.0505. The molecule has 0 aromatic carbocycles. The molecule has 0 saturated heterocycles. The van der Waals surface area contributed by atoms with E-state index in [1.165, 1.54) is 6.20 Å². The second-order valence-corrected chi connectivity index (χ2v) is 2.73. The molecule has 1 aromatic rings. The van der Waals surface area contributed by atoms with Gasteiger partial charge in [-0.15, -0.1) is 0 Å². The molecule has 5 nitrogen and oxygen atoms in total. The van der Waals surface area contributed by atoms with E-state index in [4.69, 9.17) is 11.5 Å². The van der Waals surface area contributed by atoms with Crippen LogP contribution < -0.4 is 16.8 Å². The van der Waals surface area contributed by atoms with Crippen LogP contribution in [0.4, 0.5) is 11.4 Å². The van der Waals surface area contributed by atoms with Crippen molar-refractivity contribution in [2.75, 3.05) is 11.1 Å². The van der Waals surface area contributed by atoms with Gasteiger partial charge in [-0.3, -0.25) is 9.78 Å². The Hall–Kier alpha value is -1.78. The fourth-order valence-corrected chi connectivity index (χ4v) is 0.842. The zero-order valence-corrected chi connectivity index (χ0v) is 7.32. The summed E-state index contributed by atoms with van der Waals surface area (Å²) in [5.41, 5.74) is 11.8. The molecule has 0 bridgehead atoms. The summed E-state index contributed by atoms with van der Waals surface area (Å²) in [7, 11) is 0. The molecule has 5 heteroatoms. The fourth-order valence-electron chi connectivity index (χ4n) is 0.842. The number of hydrogen-bond donors (Lipinski definition) is 3. The molecule has 1 aromatic heterocycles. The van der Waals surface area contributed by atoms with Crippen molar-refractivity contribution >= 4 is 17.3 Å². The molecule has 0 fully saturated rings. The van der Waals surface area contributed by atoms with Crippen LogP contribution in [-0.2, 0) is 4.79 Å². The van der Waals surface area contributed by atoms with Crippen LogP contribution in [0.5, 0.6) is 0 Å². The van der Waals surface area contributed by atoms with Gasteiger partial charge < -0.3 is 16.8 Å². The Kier molecular flexibility index (Phi) is 2.69. The molecule has 1 rings (SSSR count). The number of nitrogen functional groups attached to an aromatic ring is 1. The van der Waals surface area contributed by atoms with E-state index in [-0.39, 0.29) is 0 Å². The Bertz CT molecular complexity index is 313. The van der Waals surface area contributed by atoms with Gasteiger partial charge in [0.05, 0.1) is 17.6 Å². The Morgan fingerprint density at radius 1 is 1.69 bits per heavy atom. The molecule has 13 heavy (non-hydrogen) atoms. The SMILES string of the molecule is CC(Nc1ccncc1N)C(N)=O. The molecule has 1 amide bonds. The quantitative estimate of drug-likeness (QED) is 0.607. The number of pyridine rings is 1. The number of nitrogens with two attached hydrogens (primary N) is 2. The lowest BCUT2D eigenvalue weighted by Gasteiger charge is -2.12. The highest BCUT2D eigenvalue weighted by molar-refractivity contribution is 5.83. The van der Waals surface area contributed by atoms with Gasteiger partial charge in [-0.2, -0.15) is 0 Å². The van der Waals surface area contributed by atoms with E-state index in [2.05, 4.69) is 10.3 Å². The van der Waals surface area contributed by atoms with Crippen LogP contribution in [0.2, 0.25) is 0 Å². The Morgan fingerprint density at radius 3 is 2.92 bits per heavy atom. The highest BCUT2D eigenvalue weighted by Gasteiger charge is 2.08. The van der Waals surface area contributed by atoms with E-state index >= 15 is 0 Å². The largest absolute Gasteiger partial charge is 0.396 e. The van der Waals surface area contributed by atoms with Crippen LogP contribution >= 0.6 is 0 Å². The van der Waals surface area contributed by atoms with Gasteiger partial charge in [-0.1, -0.05) is 0 Å². The number of hydrogen-bond acceptors (Lipinski definition) is 4. The summed E-state index contributed by atoms with van der Waals surface area (Å²) in [6.45, 7) is 1.67. The van der Waals surface area contributed by atoms with Gasteiger partial charge in [0, 0.05) is 6.20 Å². The first-order valence-corrected chi connectivity index (χ1v) is 3.86. The Balaban J connectivity index is 2.74. The normalized spacial score (nSPS) is 12.1. The summed E-state index contributed by atoms with van der Waals surface area (Å²) in [6.07, 6.45) is 3.10. The number of aromatic nitrogens is 1. The second-order valence-electron chi connectivity index (χ2n) is 2.73. The summed E-state index contributed by atoms with van der Waals surface area (Å²) < 4.78 is 0. The maximum atomic E-state index is 10.7. The van der Waals surface area contributed by atoms with Crippen LogP contribution in [-0.4, -0.2) is 16.9 Å².